The fourth-order valence-electron chi connectivity index (χ4n) is 0.931. The highest BCUT2D eigenvalue weighted by Crippen LogP contribution is 2.22. The van der Waals surface area contributed by atoms with Crippen LogP contribution >= 0.6 is 0 Å². The molecule has 0 amide bonds. The zero-order valence-electron chi connectivity index (χ0n) is 6.56. The van der Waals surface area contributed by atoms with Crippen molar-refractivity contribution in [2.24, 2.45) is 0 Å². The average molecular weight is 135 g/mol. The van der Waals surface area contributed by atoms with Gasteiger partial charge < -0.3 is 0 Å². The molecule has 1 nitrogen and oxygen atoms in total. The van der Waals surface area contributed by atoms with Crippen molar-refractivity contribution in [3.8, 4) is 5.75 Å². The van der Waals surface area contributed by atoms with Gasteiger partial charge >= 0.3 is 0 Å². The van der Waals surface area contributed by atoms with Gasteiger partial charge in [0.2, 0.25) is 0 Å². The fraction of sp³-hybridized carbons (Fsp3) is 0.333. The summed E-state index contributed by atoms with van der Waals surface area (Å²) in [7, 11) is 0. The van der Waals surface area contributed by atoms with Gasteiger partial charge in [-0.15, -0.1) is 0 Å². The first kappa shape index (κ1) is 7.13. The molecule has 0 spiro atoms. The van der Waals surface area contributed by atoms with E-state index < -0.39 is 0 Å². The molecule has 53 valence electrons. The third kappa shape index (κ3) is 0.991. The van der Waals surface area contributed by atoms with E-state index in [1.165, 1.54) is 5.56 Å². The molecular formula is C9H11O. The van der Waals surface area contributed by atoms with Crippen molar-refractivity contribution in [1.82, 2.24) is 0 Å². The topological polar surface area (TPSA) is 19.9 Å². The van der Waals surface area contributed by atoms with E-state index in [1.54, 1.807) is 6.07 Å². The highest BCUT2D eigenvalue weighted by molar-refractivity contribution is 5.41. The SMILES string of the molecule is Cc1ccc([O])c(C)c1C. The molecule has 0 aromatic heterocycles. The molecule has 1 rings (SSSR count). The molecule has 0 heterocycles. The highest BCUT2D eigenvalue weighted by Gasteiger charge is 2.01. The third-order valence-corrected chi connectivity index (χ3v) is 2.01. The molecule has 0 N–H and O–H groups in total. The predicted octanol–water partition coefficient (Wildman–Crippen LogP) is 2.76. The molecule has 1 aromatic rings. The number of hydrogen-bond acceptors (Lipinski definition) is 0. The predicted molar refractivity (Wildman–Crippen MR) is 40.8 cm³/mol. The molecule has 0 fully saturated rings. The third-order valence-electron chi connectivity index (χ3n) is 2.01. The molecule has 0 aliphatic rings. The van der Waals surface area contributed by atoms with E-state index in [0.29, 0.717) is 0 Å². The molecule has 1 radical (unpaired) electrons. The van der Waals surface area contributed by atoms with E-state index in [0.717, 1.165) is 11.1 Å². The molecule has 0 saturated heterocycles. The summed E-state index contributed by atoms with van der Waals surface area (Å²) in [6.45, 7) is 5.86. The Kier molecular flexibility index (Phi) is 1.66. The van der Waals surface area contributed by atoms with Crippen LogP contribution in [-0.4, -0.2) is 0 Å². The summed E-state index contributed by atoms with van der Waals surface area (Å²) in [5.41, 5.74) is 3.18. The number of rotatable bonds is 0. The van der Waals surface area contributed by atoms with Gasteiger partial charge in [-0.3, -0.25) is 5.11 Å². The van der Waals surface area contributed by atoms with Gasteiger partial charge in [0, 0.05) is 0 Å². The summed E-state index contributed by atoms with van der Waals surface area (Å²) < 4.78 is 0. The lowest BCUT2D eigenvalue weighted by Crippen LogP contribution is -1.84. The Morgan fingerprint density at radius 3 is 2.10 bits per heavy atom. The summed E-state index contributed by atoms with van der Waals surface area (Å²) in [4.78, 5) is 0. The normalized spacial score (nSPS) is 9.90. The first-order chi connectivity index (χ1) is 4.63. The molecule has 0 saturated carbocycles. The van der Waals surface area contributed by atoms with Crippen LogP contribution in [0.5, 0.6) is 5.75 Å². The average Bonchev–Trinajstić information content (AvgIpc) is 1.93. The number of hydrogen-bond donors (Lipinski definition) is 0. The summed E-state index contributed by atoms with van der Waals surface area (Å²) in [5.74, 6) is 0.142. The van der Waals surface area contributed by atoms with Crippen LogP contribution in [0.25, 0.3) is 0 Å². The largest absolute Gasteiger partial charge is 0.290 e. The Labute approximate surface area is 61.3 Å². The van der Waals surface area contributed by atoms with Crippen LogP contribution in [-0.2, 0) is 5.11 Å². The number of aryl methyl sites for hydroxylation is 1. The molecule has 1 heteroatoms. The van der Waals surface area contributed by atoms with Crippen molar-refractivity contribution in [3.05, 3.63) is 28.8 Å². The monoisotopic (exact) mass is 135 g/mol. The lowest BCUT2D eigenvalue weighted by atomic mass is 10.0. The Hall–Kier alpha value is -0.980. The maximum Gasteiger partial charge on any atom is 0.181 e. The molecule has 0 aliphatic heterocycles. The second-order valence-corrected chi connectivity index (χ2v) is 2.63. The van der Waals surface area contributed by atoms with Gasteiger partial charge in [0.05, 0.1) is 0 Å². The van der Waals surface area contributed by atoms with Gasteiger partial charge in [-0.1, -0.05) is 6.07 Å². The van der Waals surface area contributed by atoms with E-state index in [2.05, 4.69) is 0 Å². The minimum absolute atomic E-state index is 0.142. The van der Waals surface area contributed by atoms with Crippen LogP contribution in [0.1, 0.15) is 16.7 Å². The van der Waals surface area contributed by atoms with E-state index in [1.807, 2.05) is 26.8 Å². The second kappa shape index (κ2) is 2.33. The standard InChI is InChI=1S/C9H11O/c1-6-4-5-9(10)8(3)7(6)2/h4-5H,1-3H3. The zero-order chi connectivity index (χ0) is 7.72. The minimum atomic E-state index is 0.142. The van der Waals surface area contributed by atoms with Crippen molar-refractivity contribution in [2.75, 3.05) is 0 Å². The Bertz CT molecular complexity index is 224. The van der Waals surface area contributed by atoms with Crippen molar-refractivity contribution < 1.29 is 5.11 Å². The first-order valence-corrected chi connectivity index (χ1v) is 3.36. The Balaban J connectivity index is 3.34. The molecule has 10 heavy (non-hydrogen) atoms. The van der Waals surface area contributed by atoms with Crippen LogP contribution in [0.4, 0.5) is 0 Å². The van der Waals surface area contributed by atoms with Gasteiger partial charge in [-0.05, 0) is 43.5 Å². The van der Waals surface area contributed by atoms with Crippen LogP contribution in [0, 0.1) is 20.8 Å². The van der Waals surface area contributed by atoms with Crippen LogP contribution in [0.3, 0.4) is 0 Å². The van der Waals surface area contributed by atoms with E-state index in [9.17, 15) is 5.11 Å². The van der Waals surface area contributed by atoms with E-state index >= 15 is 0 Å². The molecule has 0 unspecified atom stereocenters. The first-order valence-electron chi connectivity index (χ1n) is 3.36. The van der Waals surface area contributed by atoms with Crippen LogP contribution < -0.4 is 0 Å². The second-order valence-electron chi connectivity index (χ2n) is 2.63. The summed E-state index contributed by atoms with van der Waals surface area (Å²) in [5, 5.41) is 11.0. The number of benzene rings is 1. The lowest BCUT2D eigenvalue weighted by molar-refractivity contribution is 0.351. The molecular weight excluding hydrogens is 124 g/mol. The molecule has 0 atom stereocenters. The molecule has 0 bridgehead atoms. The van der Waals surface area contributed by atoms with Gasteiger partial charge in [0.1, 0.15) is 0 Å². The fourth-order valence-corrected chi connectivity index (χ4v) is 0.931. The van der Waals surface area contributed by atoms with E-state index in [-0.39, 0.29) is 5.75 Å². The summed E-state index contributed by atoms with van der Waals surface area (Å²) >= 11 is 0. The summed E-state index contributed by atoms with van der Waals surface area (Å²) in [6.07, 6.45) is 0. The Morgan fingerprint density at radius 1 is 1.00 bits per heavy atom. The van der Waals surface area contributed by atoms with Crippen molar-refractivity contribution >= 4 is 0 Å². The molecule has 1 aromatic carbocycles. The van der Waals surface area contributed by atoms with Crippen molar-refractivity contribution in [3.63, 3.8) is 0 Å². The van der Waals surface area contributed by atoms with Gasteiger partial charge in [0.15, 0.2) is 5.75 Å². The Morgan fingerprint density at radius 2 is 1.60 bits per heavy atom. The van der Waals surface area contributed by atoms with Crippen LogP contribution in [0.2, 0.25) is 0 Å². The lowest BCUT2D eigenvalue weighted by Gasteiger charge is -2.02. The van der Waals surface area contributed by atoms with Gasteiger partial charge in [-0.25, -0.2) is 0 Å². The maximum absolute atomic E-state index is 11.0. The van der Waals surface area contributed by atoms with Crippen molar-refractivity contribution in [1.29, 1.82) is 0 Å². The van der Waals surface area contributed by atoms with Gasteiger partial charge in [0.25, 0.3) is 0 Å². The van der Waals surface area contributed by atoms with Gasteiger partial charge in [-0.2, -0.15) is 0 Å². The zero-order valence-corrected chi connectivity index (χ0v) is 6.56. The summed E-state index contributed by atoms with van der Waals surface area (Å²) in [6, 6.07) is 3.49. The molecule has 0 aliphatic carbocycles. The smallest absolute Gasteiger partial charge is 0.181 e. The minimum Gasteiger partial charge on any atom is -0.290 e. The van der Waals surface area contributed by atoms with Crippen molar-refractivity contribution in [2.45, 2.75) is 20.8 Å². The van der Waals surface area contributed by atoms with Crippen LogP contribution in [0.15, 0.2) is 12.1 Å². The van der Waals surface area contributed by atoms with E-state index in [4.69, 9.17) is 0 Å². The quantitative estimate of drug-likeness (QED) is 0.521. The maximum atomic E-state index is 11.0. The highest BCUT2D eigenvalue weighted by atomic mass is 16.3.